The topological polar surface area (TPSA) is 62.3 Å². The molecule has 0 aromatic heterocycles. The zero-order valence-electron chi connectivity index (χ0n) is 8.60. The summed E-state index contributed by atoms with van der Waals surface area (Å²) in [6.45, 7) is 2.70. The molecule has 0 heterocycles. The van der Waals surface area contributed by atoms with Crippen LogP contribution in [0.2, 0.25) is 0 Å². The fraction of sp³-hybridized carbons (Fsp3) is 0.875. The van der Waals surface area contributed by atoms with Crippen molar-refractivity contribution in [1.29, 1.82) is 5.41 Å². The molecule has 15 heavy (non-hydrogen) atoms. The Morgan fingerprint density at radius 3 is 2.40 bits per heavy atom. The third-order valence-electron chi connectivity index (χ3n) is 1.82. The van der Waals surface area contributed by atoms with Gasteiger partial charge in [0.05, 0.1) is 12.4 Å². The van der Waals surface area contributed by atoms with E-state index in [9.17, 15) is 13.2 Å². The number of alkyl halides is 3. The molecule has 0 aromatic rings. The van der Waals surface area contributed by atoms with Crippen molar-refractivity contribution in [3.05, 3.63) is 0 Å². The molecule has 0 spiro atoms. The molecule has 7 heteroatoms. The maximum Gasteiger partial charge on any atom is 0.522 e. The lowest BCUT2D eigenvalue weighted by Crippen LogP contribution is -2.32. The number of hydrogen-bond acceptors (Lipinski definition) is 3. The summed E-state index contributed by atoms with van der Waals surface area (Å²) in [6, 6.07) is 0. The Morgan fingerprint density at radius 2 is 2.00 bits per heavy atom. The van der Waals surface area contributed by atoms with Crippen molar-refractivity contribution in [1.82, 2.24) is 4.90 Å². The first-order valence-electron chi connectivity index (χ1n) is 4.61. The molecule has 90 valence electrons. The van der Waals surface area contributed by atoms with Crippen molar-refractivity contribution in [3.8, 4) is 0 Å². The standard InChI is InChI=1S/C8H16F3N3O/c1-2-14(4-3-7(12)13)5-6-15-8(9,10)11/h2-6H2,1H3,(H3,12,13). The Balaban J connectivity index is 3.66. The average molecular weight is 227 g/mol. The number of rotatable bonds is 7. The van der Waals surface area contributed by atoms with Crippen molar-refractivity contribution < 1.29 is 17.9 Å². The van der Waals surface area contributed by atoms with E-state index < -0.39 is 13.0 Å². The number of hydrogen-bond donors (Lipinski definition) is 2. The molecule has 0 fully saturated rings. The Hall–Kier alpha value is -0.820. The lowest BCUT2D eigenvalue weighted by Gasteiger charge is -2.20. The molecular formula is C8H16F3N3O. The zero-order chi connectivity index (χ0) is 11.9. The van der Waals surface area contributed by atoms with E-state index in [-0.39, 0.29) is 12.4 Å². The highest BCUT2D eigenvalue weighted by molar-refractivity contribution is 5.76. The van der Waals surface area contributed by atoms with Crippen LogP contribution in [0.25, 0.3) is 0 Å². The SMILES string of the molecule is CCN(CCOC(F)(F)F)CCC(=N)N. The lowest BCUT2D eigenvalue weighted by atomic mass is 10.3. The first-order valence-corrected chi connectivity index (χ1v) is 4.61. The first kappa shape index (κ1) is 14.2. The number of nitrogens with two attached hydrogens (primary N) is 1. The van der Waals surface area contributed by atoms with Crippen LogP contribution in [0, 0.1) is 5.41 Å². The Bertz CT molecular complexity index is 196. The van der Waals surface area contributed by atoms with E-state index in [0.717, 1.165) is 0 Å². The van der Waals surface area contributed by atoms with Crippen LogP contribution in [0.15, 0.2) is 0 Å². The molecule has 0 unspecified atom stereocenters. The van der Waals surface area contributed by atoms with Gasteiger partial charge in [0.25, 0.3) is 0 Å². The largest absolute Gasteiger partial charge is 0.522 e. The predicted molar refractivity (Wildman–Crippen MR) is 50.7 cm³/mol. The van der Waals surface area contributed by atoms with Crippen LogP contribution >= 0.6 is 0 Å². The van der Waals surface area contributed by atoms with E-state index >= 15 is 0 Å². The highest BCUT2D eigenvalue weighted by atomic mass is 19.4. The molecule has 0 saturated heterocycles. The minimum absolute atomic E-state index is 0.0326. The van der Waals surface area contributed by atoms with Crippen LogP contribution in [0.1, 0.15) is 13.3 Å². The maximum absolute atomic E-state index is 11.6. The Morgan fingerprint density at radius 1 is 1.40 bits per heavy atom. The number of nitrogens with zero attached hydrogens (tertiary/aromatic N) is 1. The molecule has 0 aromatic carbocycles. The highest BCUT2D eigenvalue weighted by Gasteiger charge is 2.28. The number of ether oxygens (including phenoxy) is 1. The van der Waals surface area contributed by atoms with Crippen LogP contribution in [0.4, 0.5) is 13.2 Å². The number of nitrogens with one attached hydrogen (secondary N) is 1. The normalized spacial score (nSPS) is 12.1. The van der Waals surface area contributed by atoms with Gasteiger partial charge in [-0.1, -0.05) is 6.92 Å². The van der Waals surface area contributed by atoms with Crippen molar-refractivity contribution in [2.45, 2.75) is 19.7 Å². The monoisotopic (exact) mass is 227 g/mol. The summed E-state index contributed by atoms with van der Waals surface area (Å²) in [6.07, 6.45) is -4.21. The summed E-state index contributed by atoms with van der Waals surface area (Å²) in [4.78, 5) is 1.74. The minimum Gasteiger partial charge on any atom is -0.388 e. The predicted octanol–water partition coefficient (Wildman–Crippen LogP) is 1.17. The van der Waals surface area contributed by atoms with Crippen LogP contribution in [0.5, 0.6) is 0 Å². The van der Waals surface area contributed by atoms with Crippen LogP contribution in [-0.4, -0.2) is 43.3 Å². The molecule has 4 nitrogen and oxygen atoms in total. The van der Waals surface area contributed by atoms with Crippen molar-refractivity contribution in [3.63, 3.8) is 0 Å². The van der Waals surface area contributed by atoms with Gasteiger partial charge in [0, 0.05) is 19.5 Å². The summed E-state index contributed by atoms with van der Waals surface area (Å²) in [7, 11) is 0. The van der Waals surface area contributed by atoms with E-state index in [2.05, 4.69) is 4.74 Å². The molecule has 0 atom stereocenters. The summed E-state index contributed by atoms with van der Waals surface area (Å²) in [5.41, 5.74) is 5.14. The summed E-state index contributed by atoms with van der Waals surface area (Å²) in [5, 5.41) is 6.98. The number of amidine groups is 1. The van der Waals surface area contributed by atoms with Gasteiger partial charge in [-0.05, 0) is 6.54 Å². The van der Waals surface area contributed by atoms with Gasteiger partial charge in [-0.15, -0.1) is 13.2 Å². The molecule has 0 amide bonds. The second-order valence-corrected chi connectivity index (χ2v) is 3.00. The Labute approximate surface area is 86.7 Å². The van der Waals surface area contributed by atoms with E-state index in [1.54, 1.807) is 4.90 Å². The maximum atomic E-state index is 11.6. The molecule has 0 radical (unpaired) electrons. The van der Waals surface area contributed by atoms with Gasteiger partial charge in [0.1, 0.15) is 0 Å². The van der Waals surface area contributed by atoms with Gasteiger partial charge in [-0.25, -0.2) is 0 Å². The minimum atomic E-state index is -4.57. The van der Waals surface area contributed by atoms with Crippen LogP contribution < -0.4 is 5.73 Å². The summed E-state index contributed by atoms with van der Waals surface area (Å²) in [5.74, 6) is 0.0326. The fourth-order valence-electron chi connectivity index (χ4n) is 0.997. The van der Waals surface area contributed by atoms with Gasteiger partial charge < -0.3 is 10.6 Å². The van der Waals surface area contributed by atoms with E-state index in [1.165, 1.54) is 0 Å². The Kier molecular flexibility index (Phi) is 6.26. The van der Waals surface area contributed by atoms with Gasteiger partial charge in [-0.3, -0.25) is 10.1 Å². The highest BCUT2D eigenvalue weighted by Crippen LogP contribution is 2.15. The lowest BCUT2D eigenvalue weighted by molar-refractivity contribution is -0.325. The molecule has 0 aliphatic rings. The third-order valence-corrected chi connectivity index (χ3v) is 1.82. The molecular weight excluding hydrogens is 211 g/mol. The summed E-state index contributed by atoms with van der Waals surface area (Å²) < 4.78 is 38.5. The quantitative estimate of drug-likeness (QED) is 0.507. The van der Waals surface area contributed by atoms with Crippen molar-refractivity contribution in [2.24, 2.45) is 5.73 Å². The second-order valence-electron chi connectivity index (χ2n) is 3.00. The average Bonchev–Trinajstić information content (AvgIpc) is 2.08. The van der Waals surface area contributed by atoms with Crippen LogP contribution in [0.3, 0.4) is 0 Å². The van der Waals surface area contributed by atoms with E-state index in [0.29, 0.717) is 19.5 Å². The molecule has 0 saturated carbocycles. The molecule has 0 rings (SSSR count). The smallest absolute Gasteiger partial charge is 0.388 e. The van der Waals surface area contributed by atoms with E-state index in [1.807, 2.05) is 6.92 Å². The van der Waals surface area contributed by atoms with E-state index in [4.69, 9.17) is 11.1 Å². The fourth-order valence-corrected chi connectivity index (χ4v) is 0.997. The third kappa shape index (κ3) is 9.48. The van der Waals surface area contributed by atoms with Gasteiger partial charge >= 0.3 is 6.36 Å². The van der Waals surface area contributed by atoms with Gasteiger partial charge in [-0.2, -0.15) is 0 Å². The van der Waals surface area contributed by atoms with Crippen molar-refractivity contribution in [2.75, 3.05) is 26.2 Å². The molecule has 3 N–H and O–H groups in total. The zero-order valence-corrected chi connectivity index (χ0v) is 8.60. The van der Waals surface area contributed by atoms with Crippen molar-refractivity contribution >= 4 is 5.84 Å². The first-order chi connectivity index (χ1) is 6.85. The molecule has 0 bridgehead atoms. The molecule has 0 aliphatic heterocycles. The number of halogens is 3. The molecule has 0 aliphatic carbocycles. The summed E-state index contributed by atoms with van der Waals surface area (Å²) >= 11 is 0. The van der Waals surface area contributed by atoms with Crippen LogP contribution in [-0.2, 0) is 4.74 Å². The van der Waals surface area contributed by atoms with Gasteiger partial charge in [0.15, 0.2) is 0 Å². The second kappa shape index (κ2) is 6.62. The number of likely N-dealkylation sites (N-methyl/N-ethyl adjacent to an activating group) is 1. The van der Waals surface area contributed by atoms with Gasteiger partial charge in [0.2, 0.25) is 0 Å².